The number of benzene rings is 1. The van der Waals surface area contributed by atoms with Gasteiger partial charge in [-0.3, -0.25) is 10.1 Å². The molecule has 0 unspecified atom stereocenters. The third-order valence-corrected chi connectivity index (χ3v) is 2.69. The van der Waals surface area contributed by atoms with E-state index in [2.05, 4.69) is 4.98 Å². The van der Waals surface area contributed by atoms with Gasteiger partial charge in [0.25, 0.3) is 5.69 Å². The Hall–Kier alpha value is -2.85. The Labute approximate surface area is 129 Å². The van der Waals surface area contributed by atoms with E-state index in [1.54, 1.807) is 0 Å². The van der Waals surface area contributed by atoms with Crippen molar-refractivity contribution in [2.24, 2.45) is 0 Å². The highest BCUT2D eigenvalue weighted by Gasteiger charge is 2.38. The maximum Gasteiger partial charge on any atom is 0.433 e. The molecule has 0 aliphatic rings. The van der Waals surface area contributed by atoms with Gasteiger partial charge in [0.15, 0.2) is 0 Å². The Balaban J connectivity index is 2.40. The molecule has 0 radical (unpaired) electrons. The van der Waals surface area contributed by atoms with Gasteiger partial charge in [-0.25, -0.2) is 4.98 Å². The Morgan fingerprint density at radius 1 is 0.958 bits per heavy atom. The number of nitro groups is 1. The van der Waals surface area contributed by atoms with Crippen LogP contribution in [0, 0.1) is 10.1 Å². The fraction of sp³-hybridized carbons (Fsp3) is 0.154. The number of pyridine rings is 1. The average molecular weight is 352 g/mol. The number of non-ortho nitro benzene ring substituents is 1. The van der Waals surface area contributed by atoms with Crippen LogP contribution in [-0.2, 0) is 12.4 Å². The highest BCUT2D eigenvalue weighted by atomic mass is 19.4. The molecule has 0 amide bonds. The molecule has 0 fully saturated rings. The van der Waals surface area contributed by atoms with Crippen LogP contribution in [0.2, 0.25) is 0 Å². The Morgan fingerprint density at radius 2 is 1.54 bits per heavy atom. The number of nitrogens with zero attached hydrogens (tertiary/aromatic N) is 2. The van der Waals surface area contributed by atoms with Crippen molar-refractivity contribution in [3.63, 3.8) is 0 Å². The van der Waals surface area contributed by atoms with Gasteiger partial charge in [-0.05, 0) is 18.2 Å². The number of aromatic nitrogens is 1. The molecule has 2 rings (SSSR count). The van der Waals surface area contributed by atoms with Crippen LogP contribution in [0.15, 0.2) is 36.4 Å². The molecule has 5 nitrogen and oxygen atoms in total. The summed E-state index contributed by atoms with van der Waals surface area (Å²) in [5, 5.41) is 10.5. The summed E-state index contributed by atoms with van der Waals surface area (Å²) >= 11 is 0. The highest BCUT2D eigenvalue weighted by Crippen LogP contribution is 2.37. The lowest BCUT2D eigenvalue weighted by atomic mass is 10.2. The summed E-state index contributed by atoms with van der Waals surface area (Å²) in [4.78, 5) is 12.7. The Morgan fingerprint density at radius 3 is 2.00 bits per heavy atom. The first-order valence-electron chi connectivity index (χ1n) is 6.05. The number of halogens is 6. The van der Waals surface area contributed by atoms with Gasteiger partial charge < -0.3 is 4.74 Å². The standard InChI is InChI=1S/C13H6F6N2O3/c14-12(15,16)7-5-10(13(17,18)19)20-11(6-7)24-9-3-1-8(2-4-9)21(22)23/h1-6H. The summed E-state index contributed by atoms with van der Waals surface area (Å²) in [5.41, 5.74) is -3.67. The lowest BCUT2D eigenvalue weighted by molar-refractivity contribution is -0.384. The third kappa shape index (κ3) is 4.12. The van der Waals surface area contributed by atoms with Crippen LogP contribution in [0.3, 0.4) is 0 Å². The van der Waals surface area contributed by atoms with Crippen molar-refractivity contribution in [3.05, 3.63) is 57.8 Å². The van der Waals surface area contributed by atoms with Crippen LogP contribution in [-0.4, -0.2) is 9.91 Å². The van der Waals surface area contributed by atoms with Gasteiger partial charge in [0.2, 0.25) is 5.88 Å². The number of rotatable bonds is 3. The SMILES string of the molecule is O=[N+]([O-])c1ccc(Oc2cc(C(F)(F)F)cc(C(F)(F)F)n2)cc1. The monoisotopic (exact) mass is 352 g/mol. The van der Waals surface area contributed by atoms with E-state index in [9.17, 15) is 36.5 Å². The van der Waals surface area contributed by atoms with Crippen LogP contribution < -0.4 is 4.74 Å². The molecule has 0 aliphatic carbocycles. The molecule has 0 N–H and O–H groups in total. The molecule has 0 bridgehead atoms. The molecule has 1 heterocycles. The fourth-order valence-electron chi connectivity index (χ4n) is 1.62. The topological polar surface area (TPSA) is 65.3 Å². The second-order valence-electron chi connectivity index (χ2n) is 4.43. The van der Waals surface area contributed by atoms with Gasteiger partial charge in [0.05, 0.1) is 10.5 Å². The molecule has 0 saturated heterocycles. The summed E-state index contributed by atoms with van der Waals surface area (Å²) in [5.74, 6) is -1.15. The van der Waals surface area contributed by atoms with Crippen LogP contribution in [0.4, 0.5) is 32.0 Å². The fourth-order valence-corrected chi connectivity index (χ4v) is 1.62. The Kier molecular flexibility index (Phi) is 4.36. The number of ether oxygens (including phenoxy) is 1. The van der Waals surface area contributed by atoms with E-state index < -0.39 is 34.4 Å². The van der Waals surface area contributed by atoms with Crippen molar-refractivity contribution in [2.75, 3.05) is 0 Å². The molecule has 0 aliphatic heterocycles. The van der Waals surface area contributed by atoms with Crippen LogP contribution in [0.1, 0.15) is 11.3 Å². The third-order valence-electron chi connectivity index (χ3n) is 2.69. The van der Waals surface area contributed by atoms with E-state index in [1.165, 1.54) is 0 Å². The smallest absolute Gasteiger partial charge is 0.433 e. The highest BCUT2D eigenvalue weighted by molar-refractivity contribution is 5.38. The second kappa shape index (κ2) is 5.98. The van der Waals surface area contributed by atoms with Gasteiger partial charge in [-0.1, -0.05) is 0 Å². The molecular weight excluding hydrogens is 346 g/mol. The molecular formula is C13H6F6N2O3. The number of alkyl halides is 6. The predicted octanol–water partition coefficient (Wildman–Crippen LogP) is 4.82. The molecule has 24 heavy (non-hydrogen) atoms. The first-order valence-corrected chi connectivity index (χ1v) is 6.05. The van der Waals surface area contributed by atoms with Crippen molar-refractivity contribution in [2.45, 2.75) is 12.4 Å². The van der Waals surface area contributed by atoms with Crippen LogP contribution >= 0.6 is 0 Å². The molecule has 1 aromatic heterocycles. The van der Waals surface area contributed by atoms with E-state index in [-0.39, 0.29) is 17.5 Å². The summed E-state index contributed by atoms with van der Waals surface area (Å²) in [7, 11) is 0. The lowest BCUT2D eigenvalue weighted by Crippen LogP contribution is -2.13. The van der Waals surface area contributed by atoms with Gasteiger partial charge in [-0.2, -0.15) is 26.3 Å². The largest absolute Gasteiger partial charge is 0.439 e. The predicted molar refractivity (Wildman–Crippen MR) is 67.4 cm³/mol. The van der Waals surface area contributed by atoms with E-state index in [0.717, 1.165) is 24.3 Å². The normalized spacial score (nSPS) is 12.1. The van der Waals surface area contributed by atoms with Gasteiger partial charge in [0.1, 0.15) is 11.4 Å². The first-order chi connectivity index (χ1) is 11.0. The number of nitro benzene ring substituents is 1. The summed E-state index contributed by atoms with van der Waals surface area (Å²) in [6.07, 6.45) is -10.1. The molecule has 0 spiro atoms. The molecule has 128 valence electrons. The van der Waals surface area contributed by atoms with Crippen LogP contribution in [0.25, 0.3) is 0 Å². The van der Waals surface area contributed by atoms with Crippen molar-refractivity contribution in [1.29, 1.82) is 0 Å². The van der Waals surface area contributed by atoms with Crippen LogP contribution in [0.5, 0.6) is 11.6 Å². The average Bonchev–Trinajstić information content (AvgIpc) is 2.45. The number of hydrogen-bond acceptors (Lipinski definition) is 4. The minimum atomic E-state index is -5.10. The van der Waals surface area contributed by atoms with Crippen molar-refractivity contribution >= 4 is 5.69 Å². The van der Waals surface area contributed by atoms with E-state index >= 15 is 0 Å². The summed E-state index contributed by atoms with van der Waals surface area (Å²) in [6, 6.07) is 4.17. The van der Waals surface area contributed by atoms with Gasteiger partial charge >= 0.3 is 12.4 Å². The quantitative estimate of drug-likeness (QED) is 0.451. The minimum Gasteiger partial charge on any atom is -0.439 e. The van der Waals surface area contributed by atoms with Gasteiger partial charge in [0, 0.05) is 18.2 Å². The van der Waals surface area contributed by atoms with Gasteiger partial charge in [-0.15, -0.1) is 0 Å². The maximum absolute atomic E-state index is 12.7. The molecule has 0 atom stereocenters. The first kappa shape index (κ1) is 17.5. The van der Waals surface area contributed by atoms with Crippen molar-refractivity contribution < 1.29 is 36.0 Å². The summed E-state index contributed by atoms with van der Waals surface area (Å²) in [6.45, 7) is 0. The number of hydrogen-bond donors (Lipinski definition) is 0. The molecule has 0 saturated carbocycles. The van der Waals surface area contributed by atoms with E-state index in [4.69, 9.17) is 4.74 Å². The zero-order valence-electron chi connectivity index (χ0n) is 11.4. The maximum atomic E-state index is 12.7. The second-order valence-corrected chi connectivity index (χ2v) is 4.43. The molecule has 2 aromatic rings. The zero-order chi connectivity index (χ0) is 18.1. The van der Waals surface area contributed by atoms with Crippen molar-refractivity contribution in [3.8, 4) is 11.6 Å². The minimum absolute atomic E-state index is 0.136. The van der Waals surface area contributed by atoms with E-state index in [0.29, 0.717) is 6.07 Å². The van der Waals surface area contributed by atoms with E-state index in [1.807, 2.05) is 0 Å². The molecule has 11 heteroatoms. The lowest BCUT2D eigenvalue weighted by Gasteiger charge is -2.13. The zero-order valence-corrected chi connectivity index (χ0v) is 11.4. The van der Waals surface area contributed by atoms with Crippen molar-refractivity contribution in [1.82, 2.24) is 4.98 Å². The Bertz CT molecular complexity index is 724. The summed E-state index contributed by atoms with van der Waals surface area (Å²) < 4.78 is 80.9. The molecule has 1 aromatic carbocycles.